The molecule has 2 fully saturated rings. The predicted octanol–water partition coefficient (Wildman–Crippen LogP) is 2.73. The first-order chi connectivity index (χ1) is 9.42. The number of nitrogens with zero attached hydrogens (tertiary/aromatic N) is 3. The van der Waals surface area contributed by atoms with Gasteiger partial charge in [-0.2, -0.15) is 0 Å². The molecule has 0 radical (unpaired) electrons. The van der Waals surface area contributed by atoms with Gasteiger partial charge in [0.1, 0.15) is 17.0 Å². The van der Waals surface area contributed by atoms with E-state index in [2.05, 4.69) is 31.6 Å². The van der Waals surface area contributed by atoms with Gasteiger partial charge in [0.05, 0.1) is 5.39 Å². The Morgan fingerprint density at radius 2 is 2.21 bits per heavy atom. The van der Waals surface area contributed by atoms with E-state index in [0.29, 0.717) is 12.1 Å². The Morgan fingerprint density at radius 1 is 1.21 bits per heavy atom. The summed E-state index contributed by atoms with van der Waals surface area (Å²) in [6, 6.07) is 3.38. The summed E-state index contributed by atoms with van der Waals surface area (Å²) in [7, 11) is 0. The van der Waals surface area contributed by atoms with Gasteiger partial charge < -0.3 is 5.32 Å². The van der Waals surface area contributed by atoms with Crippen molar-refractivity contribution in [2.45, 2.75) is 37.8 Å². The predicted molar refractivity (Wildman–Crippen MR) is 78.7 cm³/mol. The highest BCUT2D eigenvalue weighted by molar-refractivity contribution is 7.16. The maximum Gasteiger partial charge on any atom is 0.138 e. The van der Waals surface area contributed by atoms with Crippen LogP contribution in [0.2, 0.25) is 0 Å². The van der Waals surface area contributed by atoms with Gasteiger partial charge in [-0.1, -0.05) is 6.42 Å². The van der Waals surface area contributed by atoms with E-state index in [9.17, 15) is 0 Å². The third-order valence-electron chi connectivity index (χ3n) is 4.44. The lowest BCUT2D eigenvalue weighted by Crippen LogP contribution is -2.41. The molecule has 0 aliphatic carbocycles. The molecule has 0 bridgehead atoms. The lowest BCUT2D eigenvalue weighted by Gasteiger charge is -2.32. The molecule has 0 amide bonds. The highest BCUT2D eigenvalue weighted by Crippen LogP contribution is 2.31. The summed E-state index contributed by atoms with van der Waals surface area (Å²) < 4.78 is 0. The fourth-order valence-electron chi connectivity index (χ4n) is 3.50. The molecule has 100 valence electrons. The van der Waals surface area contributed by atoms with Crippen molar-refractivity contribution in [3.63, 3.8) is 0 Å². The van der Waals surface area contributed by atoms with Crippen molar-refractivity contribution >= 4 is 27.4 Å². The Hall–Kier alpha value is -1.20. The van der Waals surface area contributed by atoms with Crippen LogP contribution in [-0.4, -0.2) is 40.0 Å². The molecule has 19 heavy (non-hydrogen) atoms. The molecule has 0 unspecified atom stereocenters. The topological polar surface area (TPSA) is 41.1 Å². The zero-order valence-corrected chi connectivity index (χ0v) is 11.7. The van der Waals surface area contributed by atoms with Gasteiger partial charge in [0.25, 0.3) is 0 Å². The van der Waals surface area contributed by atoms with Crippen molar-refractivity contribution in [2.75, 3.05) is 18.4 Å². The van der Waals surface area contributed by atoms with E-state index in [0.717, 1.165) is 10.6 Å². The molecule has 0 saturated carbocycles. The standard InChI is InChI=1S/C14H18N4S/c1-2-6-18-7-4-11(12(18)3-1)17-13-10-5-8-19-14(10)16-9-15-13/h5,8-9,11-12H,1-4,6-7H2,(H,15,16,17)/t11-,12+/m0/s1. The molecule has 2 aromatic heterocycles. The van der Waals surface area contributed by atoms with Crippen molar-refractivity contribution in [3.05, 3.63) is 17.8 Å². The minimum absolute atomic E-state index is 0.554. The molecule has 2 aromatic rings. The van der Waals surface area contributed by atoms with Crippen molar-refractivity contribution in [3.8, 4) is 0 Å². The Balaban J connectivity index is 1.59. The van der Waals surface area contributed by atoms with Crippen LogP contribution in [0.4, 0.5) is 5.82 Å². The quantitative estimate of drug-likeness (QED) is 0.914. The fraction of sp³-hybridized carbons (Fsp3) is 0.571. The Kier molecular flexibility index (Phi) is 2.89. The Labute approximate surface area is 116 Å². The number of hydrogen-bond donors (Lipinski definition) is 1. The second kappa shape index (κ2) is 4.72. The second-order valence-electron chi connectivity index (χ2n) is 5.50. The molecular weight excluding hydrogens is 256 g/mol. The van der Waals surface area contributed by atoms with Crippen LogP contribution in [0.5, 0.6) is 0 Å². The van der Waals surface area contributed by atoms with Crippen LogP contribution in [0, 0.1) is 0 Å². The first-order valence-electron chi connectivity index (χ1n) is 7.10. The van der Waals surface area contributed by atoms with Gasteiger partial charge in [-0.05, 0) is 37.3 Å². The highest BCUT2D eigenvalue weighted by atomic mass is 32.1. The first kappa shape index (κ1) is 11.6. The molecule has 2 atom stereocenters. The molecule has 1 N–H and O–H groups in total. The summed E-state index contributed by atoms with van der Waals surface area (Å²) in [4.78, 5) is 12.5. The van der Waals surface area contributed by atoms with Gasteiger partial charge in [0, 0.05) is 18.6 Å². The molecule has 4 nitrogen and oxygen atoms in total. The van der Waals surface area contributed by atoms with Crippen molar-refractivity contribution in [1.29, 1.82) is 0 Å². The van der Waals surface area contributed by atoms with Gasteiger partial charge in [-0.3, -0.25) is 4.90 Å². The second-order valence-corrected chi connectivity index (χ2v) is 6.39. The summed E-state index contributed by atoms with van der Waals surface area (Å²) in [5.74, 6) is 1.02. The zero-order valence-electron chi connectivity index (χ0n) is 10.9. The number of anilines is 1. The SMILES string of the molecule is c1nc(N[C@H]2CCN3CCCC[C@H]23)c2ccsc2n1. The average molecular weight is 274 g/mol. The molecule has 4 heterocycles. The van der Waals surface area contributed by atoms with E-state index in [4.69, 9.17) is 0 Å². The maximum atomic E-state index is 4.45. The maximum absolute atomic E-state index is 4.45. The number of hydrogen-bond acceptors (Lipinski definition) is 5. The monoisotopic (exact) mass is 274 g/mol. The molecule has 4 rings (SSSR count). The molecule has 5 heteroatoms. The van der Waals surface area contributed by atoms with Crippen LogP contribution in [0.3, 0.4) is 0 Å². The minimum atomic E-state index is 0.554. The minimum Gasteiger partial charge on any atom is -0.365 e. The number of rotatable bonds is 2. The number of fused-ring (bicyclic) bond motifs is 2. The van der Waals surface area contributed by atoms with Gasteiger partial charge >= 0.3 is 0 Å². The molecule has 0 aromatic carbocycles. The van der Waals surface area contributed by atoms with E-state index in [1.54, 1.807) is 17.7 Å². The van der Waals surface area contributed by atoms with Gasteiger partial charge in [-0.15, -0.1) is 11.3 Å². The number of aromatic nitrogens is 2. The van der Waals surface area contributed by atoms with Crippen LogP contribution in [0.15, 0.2) is 17.8 Å². The highest BCUT2D eigenvalue weighted by Gasteiger charge is 2.35. The van der Waals surface area contributed by atoms with E-state index >= 15 is 0 Å². The van der Waals surface area contributed by atoms with Crippen LogP contribution in [-0.2, 0) is 0 Å². The van der Waals surface area contributed by atoms with Crippen LogP contribution in [0.25, 0.3) is 10.2 Å². The first-order valence-corrected chi connectivity index (χ1v) is 7.98. The number of thiophene rings is 1. The van der Waals surface area contributed by atoms with Gasteiger partial charge in [-0.25, -0.2) is 9.97 Å². The largest absolute Gasteiger partial charge is 0.365 e. The van der Waals surface area contributed by atoms with E-state index in [1.165, 1.54) is 44.2 Å². The number of piperidine rings is 1. The third-order valence-corrected chi connectivity index (χ3v) is 5.26. The Bertz CT molecular complexity index is 582. The van der Waals surface area contributed by atoms with Crippen molar-refractivity contribution in [2.24, 2.45) is 0 Å². The normalized spacial score (nSPS) is 27.6. The summed E-state index contributed by atoms with van der Waals surface area (Å²) in [6.45, 7) is 2.51. The smallest absolute Gasteiger partial charge is 0.138 e. The van der Waals surface area contributed by atoms with Crippen molar-refractivity contribution in [1.82, 2.24) is 14.9 Å². The summed E-state index contributed by atoms with van der Waals surface area (Å²) in [5, 5.41) is 6.94. The van der Waals surface area contributed by atoms with E-state index in [1.807, 2.05) is 0 Å². The van der Waals surface area contributed by atoms with Crippen LogP contribution in [0.1, 0.15) is 25.7 Å². The third kappa shape index (κ3) is 2.01. The summed E-state index contributed by atoms with van der Waals surface area (Å²) in [6.07, 6.45) is 6.98. The van der Waals surface area contributed by atoms with E-state index in [-0.39, 0.29) is 0 Å². The lowest BCUT2D eigenvalue weighted by atomic mass is 9.99. The molecule has 0 spiro atoms. The van der Waals surface area contributed by atoms with Crippen molar-refractivity contribution < 1.29 is 0 Å². The van der Waals surface area contributed by atoms with E-state index < -0.39 is 0 Å². The average Bonchev–Trinajstić information content (AvgIpc) is 3.06. The number of nitrogens with one attached hydrogen (secondary N) is 1. The molecular formula is C14H18N4S. The summed E-state index contributed by atoms with van der Waals surface area (Å²) in [5.41, 5.74) is 0. The van der Waals surface area contributed by atoms with Crippen LogP contribution >= 0.6 is 11.3 Å². The fourth-order valence-corrected chi connectivity index (χ4v) is 4.23. The lowest BCUT2D eigenvalue weighted by molar-refractivity contribution is 0.192. The van der Waals surface area contributed by atoms with Crippen LogP contribution < -0.4 is 5.32 Å². The van der Waals surface area contributed by atoms with Gasteiger partial charge in [0.15, 0.2) is 0 Å². The Morgan fingerprint density at radius 3 is 3.21 bits per heavy atom. The molecule has 2 aliphatic rings. The molecule has 2 saturated heterocycles. The summed E-state index contributed by atoms with van der Waals surface area (Å²) >= 11 is 1.68. The molecule has 2 aliphatic heterocycles. The van der Waals surface area contributed by atoms with Gasteiger partial charge in [0.2, 0.25) is 0 Å². The zero-order chi connectivity index (χ0) is 12.7.